The molecule has 2 N–H and O–H groups in total. The maximum atomic E-state index is 9.13. The van der Waals surface area contributed by atoms with Crippen molar-refractivity contribution in [1.82, 2.24) is 4.98 Å². The zero-order valence-electron chi connectivity index (χ0n) is 10.3. The average molecular weight is 270 g/mol. The van der Waals surface area contributed by atoms with Gasteiger partial charge in [0.05, 0.1) is 6.61 Å². The van der Waals surface area contributed by atoms with E-state index in [4.69, 9.17) is 5.11 Å². The van der Waals surface area contributed by atoms with Crippen LogP contribution in [0.4, 0.5) is 5.82 Å². The molecule has 0 aliphatic carbocycles. The molecule has 0 aliphatic rings. The molecule has 0 amide bonds. The van der Waals surface area contributed by atoms with E-state index in [9.17, 15) is 0 Å². The molecule has 1 aromatic carbocycles. The first-order valence-electron chi connectivity index (χ1n) is 6.11. The summed E-state index contributed by atoms with van der Waals surface area (Å²) >= 11 is 1.72. The quantitative estimate of drug-likeness (QED) is 0.763. The summed E-state index contributed by atoms with van der Waals surface area (Å²) in [7, 11) is 0. The SMILES string of the molecule is OCc1cccc(CNc2nccc3sccc23)c1. The first kappa shape index (κ1) is 12.1. The van der Waals surface area contributed by atoms with Crippen LogP contribution in [0.3, 0.4) is 0 Å². The van der Waals surface area contributed by atoms with Crippen LogP contribution in [0.1, 0.15) is 11.1 Å². The maximum Gasteiger partial charge on any atom is 0.134 e. The van der Waals surface area contributed by atoms with Crippen LogP contribution in [0.5, 0.6) is 0 Å². The van der Waals surface area contributed by atoms with Gasteiger partial charge in [0, 0.05) is 22.8 Å². The van der Waals surface area contributed by atoms with Gasteiger partial charge in [0.25, 0.3) is 0 Å². The van der Waals surface area contributed by atoms with Gasteiger partial charge in [0.2, 0.25) is 0 Å². The Morgan fingerprint density at radius 2 is 2.05 bits per heavy atom. The number of hydrogen-bond acceptors (Lipinski definition) is 4. The number of nitrogens with zero attached hydrogens (tertiary/aromatic N) is 1. The monoisotopic (exact) mass is 270 g/mol. The summed E-state index contributed by atoms with van der Waals surface area (Å²) in [6, 6.07) is 12.0. The highest BCUT2D eigenvalue weighted by atomic mass is 32.1. The van der Waals surface area contributed by atoms with E-state index in [0.29, 0.717) is 6.54 Å². The van der Waals surface area contributed by atoms with Crippen molar-refractivity contribution in [3.05, 3.63) is 59.1 Å². The lowest BCUT2D eigenvalue weighted by Gasteiger charge is -2.07. The van der Waals surface area contributed by atoms with Crippen LogP contribution < -0.4 is 5.32 Å². The Kier molecular flexibility index (Phi) is 3.44. The van der Waals surface area contributed by atoms with Crippen LogP contribution in [0.15, 0.2) is 48.0 Å². The molecule has 96 valence electrons. The van der Waals surface area contributed by atoms with Crippen molar-refractivity contribution in [2.75, 3.05) is 5.32 Å². The molecule has 0 atom stereocenters. The van der Waals surface area contributed by atoms with Crippen molar-refractivity contribution in [2.45, 2.75) is 13.2 Å². The number of fused-ring (bicyclic) bond motifs is 1. The van der Waals surface area contributed by atoms with Crippen molar-refractivity contribution in [3.63, 3.8) is 0 Å². The minimum Gasteiger partial charge on any atom is -0.392 e. The summed E-state index contributed by atoms with van der Waals surface area (Å²) < 4.78 is 1.24. The molecule has 0 bridgehead atoms. The first-order chi connectivity index (χ1) is 9.36. The third-order valence-electron chi connectivity index (χ3n) is 3.01. The van der Waals surface area contributed by atoms with Crippen molar-refractivity contribution in [2.24, 2.45) is 0 Å². The van der Waals surface area contributed by atoms with Crippen LogP contribution in [-0.2, 0) is 13.2 Å². The van der Waals surface area contributed by atoms with E-state index in [1.54, 1.807) is 11.3 Å². The summed E-state index contributed by atoms with van der Waals surface area (Å²) in [4.78, 5) is 4.38. The molecule has 2 aromatic heterocycles. The summed E-state index contributed by atoms with van der Waals surface area (Å²) in [5.41, 5.74) is 2.07. The minimum atomic E-state index is 0.0756. The lowest BCUT2D eigenvalue weighted by molar-refractivity contribution is 0.281. The van der Waals surface area contributed by atoms with E-state index >= 15 is 0 Å². The first-order valence-corrected chi connectivity index (χ1v) is 6.99. The molecule has 0 fully saturated rings. The standard InChI is InChI=1S/C15H14N2OS/c18-10-12-3-1-2-11(8-12)9-17-15-13-5-7-19-14(13)4-6-16-15/h1-8,18H,9-10H2,(H,16,17). The van der Waals surface area contributed by atoms with Gasteiger partial charge in [0.1, 0.15) is 5.82 Å². The fraction of sp³-hybridized carbons (Fsp3) is 0.133. The van der Waals surface area contributed by atoms with Crippen LogP contribution >= 0.6 is 11.3 Å². The number of pyridine rings is 1. The van der Waals surface area contributed by atoms with Crippen molar-refractivity contribution >= 4 is 27.2 Å². The Hall–Kier alpha value is -1.91. The molecule has 0 aliphatic heterocycles. The highest BCUT2D eigenvalue weighted by molar-refractivity contribution is 7.17. The topological polar surface area (TPSA) is 45.1 Å². The molecule has 3 aromatic rings. The second kappa shape index (κ2) is 5.38. The van der Waals surface area contributed by atoms with Gasteiger partial charge >= 0.3 is 0 Å². The van der Waals surface area contributed by atoms with Crippen LogP contribution in [0.2, 0.25) is 0 Å². The normalized spacial score (nSPS) is 10.8. The third-order valence-corrected chi connectivity index (χ3v) is 3.90. The number of thiophene rings is 1. The number of aromatic nitrogens is 1. The molecular formula is C15H14N2OS. The van der Waals surface area contributed by atoms with Gasteiger partial charge < -0.3 is 10.4 Å². The summed E-state index contributed by atoms with van der Waals surface area (Å²) in [6.45, 7) is 0.780. The van der Waals surface area contributed by atoms with Crippen molar-refractivity contribution in [3.8, 4) is 0 Å². The predicted octanol–water partition coefficient (Wildman–Crippen LogP) is 3.40. The second-order valence-corrected chi connectivity index (χ2v) is 5.27. The third kappa shape index (κ3) is 2.59. The molecule has 2 heterocycles. The summed E-state index contributed by atoms with van der Waals surface area (Å²) in [5, 5.41) is 15.7. The van der Waals surface area contributed by atoms with Gasteiger partial charge in [-0.25, -0.2) is 4.98 Å². The number of nitrogens with one attached hydrogen (secondary N) is 1. The van der Waals surface area contributed by atoms with Gasteiger partial charge in [-0.05, 0) is 28.6 Å². The molecule has 0 saturated heterocycles. The fourth-order valence-electron chi connectivity index (χ4n) is 2.06. The molecule has 4 heteroatoms. The van der Waals surface area contributed by atoms with E-state index in [1.165, 1.54) is 4.70 Å². The molecule has 0 unspecified atom stereocenters. The number of anilines is 1. The van der Waals surface area contributed by atoms with E-state index in [2.05, 4.69) is 21.7 Å². The number of benzene rings is 1. The zero-order chi connectivity index (χ0) is 13.1. The van der Waals surface area contributed by atoms with Gasteiger partial charge in [0.15, 0.2) is 0 Å². The van der Waals surface area contributed by atoms with Crippen LogP contribution in [-0.4, -0.2) is 10.1 Å². The molecule has 3 rings (SSSR count). The Labute approximate surface area is 115 Å². The van der Waals surface area contributed by atoms with E-state index < -0.39 is 0 Å². The number of aliphatic hydroxyl groups excluding tert-OH is 1. The smallest absolute Gasteiger partial charge is 0.134 e. The van der Waals surface area contributed by atoms with Gasteiger partial charge in [-0.1, -0.05) is 24.3 Å². The van der Waals surface area contributed by atoms with Crippen molar-refractivity contribution < 1.29 is 5.11 Å². The molecular weight excluding hydrogens is 256 g/mol. The van der Waals surface area contributed by atoms with Crippen LogP contribution in [0, 0.1) is 0 Å². The number of rotatable bonds is 4. The van der Waals surface area contributed by atoms with Gasteiger partial charge in [-0.2, -0.15) is 0 Å². The molecule has 0 spiro atoms. The van der Waals surface area contributed by atoms with Crippen LogP contribution in [0.25, 0.3) is 10.1 Å². The fourth-order valence-corrected chi connectivity index (χ4v) is 2.84. The van der Waals surface area contributed by atoms with Gasteiger partial charge in [-0.3, -0.25) is 0 Å². The highest BCUT2D eigenvalue weighted by Crippen LogP contribution is 2.26. The molecule has 0 saturated carbocycles. The molecule has 0 radical (unpaired) electrons. The molecule has 19 heavy (non-hydrogen) atoms. The van der Waals surface area contributed by atoms with Gasteiger partial charge in [-0.15, -0.1) is 11.3 Å². The van der Waals surface area contributed by atoms with E-state index in [1.807, 2.05) is 36.5 Å². The predicted molar refractivity (Wildman–Crippen MR) is 79.3 cm³/mol. The summed E-state index contributed by atoms with van der Waals surface area (Å²) in [6.07, 6.45) is 1.82. The highest BCUT2D eigenvalue weighted by Gasteiger charge is 2.03. The molecule has 3 nitrogen and oxygen atoms in total. The maximum absolute atomic E-state index is 9.13. The Morgan fingerprint density at radius 1 is 1.16 bits per heavy atom. The largest absolute Gasteiger partial charge is 0.392 e. The Morgan fingerprint density at radius 3 is 2.95 bits per heavy atom. The summed E-state index contributed by atoms with van der Waals surface area (Å²) in [5.74, 6) is 0.910. The Bertz CT molecular complexity index is 693. The Balaban J connectivity index is 1.80. The zero-order valence-corrected chi connectivity index (χ0v) is 11.2. The van der Waals surface area contributed by atoms with E-state index in [-0.39, 0.29) is 6.61 Å². The minimum absolute atomic E-state index is 0.0756. The number of hydrogen-bond donors (Lipinski definition) is 2. The lowest BCUT2D eigenvalue weighted by Crippen LogP contribution is -2.01. The van der Waals surface area contributed by atoms with Crippen molar-refractivity contribution in [1.29, 1.82) is 0 Å². The second-order valence-electron chi connectivity index (χ2n) is 4.32. The number of aliphatic hydroxyl groups is 1. The van der Waals surface area contributed by atoms with E-state index in [0.717, 1.165) is 22.3 Å². The lowest BCUT2D eigenvalue weighted by atomic mass is 10.1. The average Bonchev–Trinajstić information content (AvgIpc) is 2.94.